The number of fused-ring (bicyclic) bond motifs is 1. The Balaban J connectivity index is 1.63. The zero-order valence-corrected chi connectivity index (χ0v) is 12.9. The lowest BCUT2D eigenvalue weighted by molar-refractivity contribution is -0.143. The summed E-state index contributed by atoms with van der Waals surface area (Å²) in [5.74, 6) is 0.0462. The summed E-state index contributed by atoms with van der Waals surface area (Å²) >= 11 is 0. The topological polar surface area (TPSA) is 59.2 Å². The first-order valence-electron chi connectivity index (χ1n) is 7.91. The van der Waals surface area contributed by atoms with E-state index >= 15 is 0 Å². The van der Waals surface area contributed by atoms with Crippen molar-refractivity contribution in [2.45, 2.75) is 39.0 Å². The number of hydrogen-bond acceptors (Lipinski definition) is 3. The van der Waals surface area contributed by atoms with E-state index in [0.717, 1.165) is 29.4 Å². The van der Waals surface area contributed by atoms with Crippen molar-refractivity contribution in [3.05, 3.63) is 35.5 Å². The van der Waals surface area contributed by atoms with Crippen LogP contribution in [0.5, 0.6) is 0 Å². The highest BCUT2D eigenvalue weighted by Gasteiger charge is 2.21. The third kappa shape index (κ3) is 3.06. The van der Waals surface area contributed by atoms with E-state index in [0.29, 0.717) is 17.9 Å². The quantitative estimate of drug-likeness (QED) is 0.675. The number of carbonyl (C=O) groups excluding carboxylic acids is 2. The van der Waals surface area contributed by atoms with Crippen LogP contribution < -0.4 is 0 Å². The lowest BCUT2D eigenvalue weighted by Crippen LogP contribution is -2.16. The number of aromatic nitrogens is 1. The lowest BCUT2D eigenvalue weighted by Gasteiger charge is -2.08. The lowest BCUT2D eigenvalue weighted by atomic mass is 10.0. The second-order valence-corrected chi connectivity index (χ2v) is 6.11. The molecule has 4 heteroatoms. The van der Waals surface area contributed by atoms with Crippen LogP contribution >= 0.6 is 0 Å². The summed E-state index contributed by atoms with van der Waals surface area (Å²) in [5, 5.41) is 0.886. The molecule has 1 aliphatic carbocycles. The maximum absolute atomic E-state index is 12.4. The molecule has 22 heavy (non-hydrogen) atoms. The molecule has 1 N–H and O–H groups in total. The van der Waals surface area contributed by atoms with Crippen LogP contribution in [-0.2, 0) is 9.53 Å². The fourth-order valence-corrected chi connectivity index (χ4v) is 3.36. The molecule has 1 aliphatic rings. The van der Waals surface area contributed by atoms with E-state index < -0.39 is 0 Å². The third-order valence-electron chi connectivity index (χ3n) is 4.47. The molecule has 0 amide bonds. The molecule has 1 heterocycles. The van der Waals surface area contributed by atoms with E-state index in [-0.39, 0.29) is 18.4 Å². The fourth-order valence-electron chi connectivity index (χ4n) is 3.36. The first-order chi connectivity index (χ1) is 10.6. The van der Waals surface area contributed by atoms with Crippen molar-refractivity contribution < 1.29 is 14.3 Å². The maximum Gasteiger partial charge on any atom is 0.306 e. The molecule has 0 atom stereocenters. The van der Waals surface area contributed by atoms with E-state index in [4.69, 9.17) is 4.74 Å². The normalized spacial score (nSPS) is 15.3. The van der Waals surface area contributed by atoms with Crippen LogP contribution in [0.25, 0.3) is 10.9 Å². The van der Waals surface area contributed by atoms with Gasteiger partial charge in [0.1, 0.15) is 0 Å². The zero-order valence-electron chi connectivity index (χ0n) is 12.9. The van der Waals surface area contributed by atoms with Gasteiger partial charge < -0.3 is 9.72 Å². The number of ketones is 1. The largest absolute Gasteiger partial charge is 0.457 e. The van der Waals surface area contributed by atoms with Crippen molar-refractivity contribution in [3.63, 3.8) is 0 Å². The molecule has 0 saturated heterocycles. The van der Waals surface area contributed by atoms with Gasteiger partial charge in [-0.15, -0.1) is 0 Å². The monoisotopic (exact) mass is 299 g/mol. The van der Waals surface area contributed by atoms with Gasteiger partial charge in [0.25, 0.3) is 0 Å². The first-order valence-corrected chi connectivity index (χ1v) is 7.91. The summed E-state index contributed by atoms with van der Waals surface area (Å²) < 4.78 is 5.19. The Morgan fingerprint density at radius 2 is 1.95 bits per heavy atom. The minimum atomic E-state index is -0.252. The van der Waals surface area contributed by atoms with Gasteiger partial charge in [0.2, 0.25) is 5.78 Å². The Morgan fingerprint density at radius 3 is 2.73 bits per heavy atom. The highest BCUT2D eigenvalue weighted by atomic mass is 16.5. The fraction of sp³-hybridized carbons (Fsp3) is 0.444. The number of benzene rings is 1. The molecular weight excluding hydrogens is 278 g/mol. The number of hydrogen-bond donors (Lipinski definition) is 1. The van der Waals surface area contributed by atoms with Crippen molar-refractivity contribution in [2.75, 3.05) is 6.61 Å². The molecule has 116 valence electrons. The van der Waals surface area contributed by atoms with E-state index in [1.165, 1.54) is 12.8 Å². The van der Waals surface area contributed by atoms with Gasteiger partial charge in [-0.2, -0.15) is 0 Å². The number of ether oxygens (including phenoxy) is 1. The number of rotatable bonds is 5. The SMILES string of the molecule is Cc1[nH]c2ccccc2c1C(=O)COC(=O)CC1CCCC1. The Hall–Kier alpha value is -2.10. The number of Topliss-reactive ketones (excluding diaryl/α,β-unsaturated/α-hetero) is 1. The second kappa shape index (κ2) is 6.34. The van der Waals surface area contributed by atoms with Gasteiger partial charge in [-0.05, 0) is 31.7 Å². The molecule has 0 aliphatic heterocycles. The molecule has 2 aromatic rings. The molecular formula is C18H21NO3. The summed E-state index contributed by atoms with van der Waals surface area (Å²) in [6, 6.07) is 7.67. The van der Waals surface area contributed by atoms with Gasteiger partial charge >= 0.3 is 5.97 Å². The van der Waals surface area contributed by atoms with Crippen LogP contribution in [0.4, 0.5) is 0 Å². The molecule has 3 rings (SSSR count). The van der Waals surface area contributed by atoms with Gasteiger partial charge in [-0.25, -0.2) is 0 Å². The number of nitrogens with one attached hydrogen (secondary N) is 1. The van der Waals surface area contributed by atoms with Crippen molar-refractivity contribution in [3.8, 4) is 0 Å². The van der Waals surface area contributed by atoms with Gasteiger partial charge in [0, 0.05) is 28.6 Å². The van der Waals surface area contributed by atoms with E-state index in [9.17, 15) is 9.59 Å². The Kier molecular flexibility index (Phi) is 4.27. The van der Waals surface area contributed by atoms with Gasteiger partial charge in [-0.3, -0.25) is 9.59 Å². The average molecular weight is 299 g/mol. The minimum absolute atomic E-state index is 0.144. The zero-order chi connectivity index (χ0) is 15.5. The predicted molar refractivity (Wildman–Crippen MR) is 84.9 cm³/mol. The Morgan fingerprint density at radius 1 is 1.23 bits per heavy atom. The van der Waals surface area contributed by atoms with Crippen LogP contribution in [0.2, 0.25) is 0 Å². The predicted octanol–water partition coefficient (Wildman–Crippen LogP) is 3.78. The molecule has 0 unspecified atom stereocenters. The summed E-state index contributed by atoms with van der Waals surface area (Å²) in [7, 11) is 0. The van der Waals surface area contributed by atoms with Crippen LogP contribution in [-0.4, -0.2) is 23.3 Å². The van der Waals surface area contributed by atoms with E-state index in [1.54, 1.807) is 0 Å². The summed E-state index contributed by atoms with van der Waals surface area (Å²) in [5.41, 5.74) is 2.38. The van der Waals surface area contributed by atoms with Gasteiger partial charge in [-0.1, -0.05) is 31.0 Å². The number of carbonyl (C=O) groups is 2. The van der Waals surface area contributed by atoms with Gasteiger partial charge in [0.05, 0.1) is 0 Å². The van der Waals surface area contributed by atoms with Crippen molar-refractivity contribution in [2.24, 2.45) is 5.92 Å². The first kappa shape index (κ1) is 14.8. The smallest absolute Gasteiger partial charge is 0.306 e. The van der Waals surface area contributed by atoms with Gasteiger partial charge in [0.15, 0.2) is 6.61 Å². The number of esters is 1. The number of aromatic amines is 1. The van der Waals surface area contributed by atoms with Crippen LogP contribution in [0.3, 0.4) is 0 Å². The molecule has 0 radical (unpaired) electrons. The second-order valence-electron chi connectivity index (χ2n) is 6.11. The molecule has 4 nitrogen and oxygen atoms in total. The highest BCUT2D eigenvalue weighted by Crippen LogP contribution is 2.28. The van der Waals surface area contributed by atoms with Crippen molar-refractivity contribution in [1.29, 1.82) is 0 Å². The molecule has 1 fully saturated rings. The Labute approximate surface area is 129 Å². The van der Waals surface area contributed by atoms with Crippen molar-refractivity contribution >= 4 is 22.7 Å². The summed E-state index contributed by atoms with van der Waals surface area (Å²) in [6.07, 6.45) is 5.05. The van der Waals surface area contributed by atoms with E-state index in [1.807, 2.05) is 31.2 Å². The van der Waals surface area contributed by atoms with Crippen LogP contribution in [0, 0.1) is 12.8 Å². The Bertz CT molecular complexity index is 695. The number of para-hydroxylation sites is 1. The third-order valence-corrected chi connectivity index (χ3v) is 4.47. The van der Waals surface area contributed by atoms with Crippen LogP contribution in [0.1, 0.15) is 48.2 Å². The van der Waals surface area contributed by atoms with Crippen LogP contribution in [0.15, 0.2) is 24.3 Å². The maximum atomic E-state index is 12.4. The summed E-state index contributed by atoms with van der Waals surface area (Å²) in [4.78, 5) is 27.4. The van der Waals surface area contributed by atoms with E-state index in [2.05, 4.69) is 4.98 Å². The summed E-state index contributed by atoms with van der Waals surface area (Å²) in [6.45, 7) is 1.70. The number of aryl methyl sites for hydroxylation is 1. The molecule has 1 aromatic heterocycles. The van der Waals surface area contributed by atoms with Crippen molar-refractivity contribution in [1.82, 2.24) is 4.98 Å². The molecule has 0 spiro atoms. The molecule has 0 bridgehead atoms. The molecule has 1 saturated carbocycles. The average Bonchev–Trinajstić information content (AvgIpc) is 3.11. The molecule has 1 aromatic carbocycles. The minimum Gasteiger partial charge on any atom is -0.457 e. The standard InChI is InChI=1S/C18H21NO3/c1-12-18(14-8-4-5-9-15(14)19-12)16(20)11-22-17(21)10-13-6-2-3-7-13/h4-5,8-9,13,19H,2-3,6-7,10-11H2,1H3. The number of H-pyrrole nitrogens is 1. The highest BCUT2D eigenvalue weighted by molar-refractivity contribution is 6.10.